The molecule has 0 atom stereocenters. The van der Waals surface area contributed by atoms with E-state index >= 15 is 0 Å². The molecule has 2 aliphatic carbocycles. The predicted molar refractivity (Wildman–Crippen MR) is 115 cm³/mol. The van der Waals surface area contributed by atoms with Crippen molar-refractivity contribution in [2.24, 2.45) is 17.0 Å². The number of para-hydroxylation sites is 1. The van der Waals surface area contributed by atoms with Crippen molar-refractivity contribution in [3.05, 3.63) is 65.1 Å². The van der Waals surface area contributed by atoms with Crippen molar-refractivity contribution in [1.29, 1.82) is 0 Å². The van der Waals surface area contributed by atoms with Gasteiger partial charge in [-0.05, 0) is 36.6 Å². The zero-order chi connectivity index (χ0) is 21.1. The van der Waals surface area contributed by atoms with Gasteiger partial charge in [0, 0.05) is 24.4 Å². The van der Waals surface area contributed by atoms with E-state index in [1.807, 2.05) is 19.2 Å². The van der Waals surface area contributed by atoms with Crippen molar-refractivity contribution in [1.82, 2.24) is 9.78 Å². The van der Waals surface area contributed by atoms with Gasteiger partial charge >= 0.3 is 35.9 Å². The molecule has 0 unspecified atom stereocenters. The number of hydrogen-bond donors (Lipinski definition) is 0. The van der Waals surface area contributed by atoms with Crippen molar-refractivity contribution in [3.63, 3.8) is 0 Å². The topological polar surface area (TPSA) is 51.8 Å². The molecule has 3 aliphatic rings. The Hall–Kier alpha value is -2.16. The number of fused-ring (bicyclic) bond motifs is 1. The Morgan fingerprint density at radius 2 is 1.87 bits per heavy atom. The van der Waals surface area contributed by atoms with Crippen molar-refractivity contribution in [3.8, 4) is 5.75 Å². The van der Waals surface area contributed by atoms with Crippen LogP contribution in [0, 0.1) is 0 Å². The molecule has 1 fully saturated rings. The summed E-state index contributed by atoms with van der Waals surface area (Å²) < 4.78 is 44.3. The molecule has 9 heteroatoms. The maximum atomic E-state index is 12.8. The minimum absolute atomic E-state index is 0. The van der Waals surface area contributed by atoms with Gasteiger partial charge in [0.2, 0.25) is 0 Å². The Bertz CT molecular complexity index is 1170. The third-order valence-corrected chi connectivity index (χ3v) is 5.72. The van der Waals surface area contributed by atoms with E-state index in [0.717, 1.165) is 29.9 Å². The van der Waals surface area contributed by atoms with Crippen LogP contribution in [0.25, 0.3) is 5.57 Å². The molecule has 2 heterocycles. The number of rotatable bonds is 4. The molecule has 0 spiro atoms. The zero-order valence-electron chi connectivity index (χ0n) is 16.5. The van der Waals surface area contributed by atoms with E-state index in [0.29, 0.717) is 29.1 Å². The van der Waals surface area contributed by atoms with Gasteiger partial charge in [0.25, 0.3) is 0 Å². The van der Waals surface area contributed by atoms with E-state index in [2.05, 4.69) is 26.7 Å². The summed E-state index contributed by atoms with van der Waals surface area (Å²) in [6, 6.07) is 8.15. The van der Waals surface area contributed by atoms with Crippen molar-refractivity contribution >= 4 is 46.7 Å². The summed E-state index contributed by atoms with van der Waals surface area (Å²) in [7, 11) is 1.87. The van der Waals surface area contributed by atoms with Crippen LogP contribution < -0.4 is 4.74 Å². The molecule has 0 radical (unpaired) electrons. The number of benzene rings is 1. The van der Waals surface area contributed by atoms with Gasteiger partial charge in [-0.1, -0.05) is 31.2 Å². The summed E-state index contributed by atoms with van der Waals surface area (Å²) in [6.07, 6.45) is 1.59. The van der Waals surface area contributed by atoms with Gasteiger partial charge in [-0.2, -0.15) is 5.10 Å². The third kappa shape index (κ3) is 4.29. The molecule has 5 nitrogen and oxygen atoms in total. The molecule has 0 bridgehead atoms. The number of hydrogen-bond acceptors (Lipinski definition) is 4. The third-order valence-electron chi connectivity index (χ3n) is 5.72. The zero-order valence-corrected chi connectivity index (χ0v) is 16.5. The summed E-state index contributed by atoms with van der Waals surface area (Å²) in [4.78, 5) is 9.29. The maximum absolute atomic E-state index is 12.8. The van der Waals surface area contributed by atoms with E-state index in [4.69, 9.17) is 0 Å². The molecule has 1 aromatic heterocycles. The van der Waals surface area contributed by atoms with Gasteiger partial charge in [-0.25, -0.2) is 9.98 Å². The minimum atomic E-state index is -4.75. The van der Waals surface area contributed by atoms with Gasteiger partial charge in [-0.15, -0.1) is 13.2 Å². The molecule has 1 aliphatic heterocycles. The van der Waals surface area contributed by atoms with Crippen molar-refractivity contribution < 1.29 is 17.9 Å². The number of aliphatic imine (C=N–C) groups is 2. The average Bonchev–Trinajstić information content (AvgIpc) is 3.11. The first-order chi connectivity index (χ1) is 14.2. The number of aryl methyl sites for hydroxylation is 1. The molecule has 5 rings (SSSR count). The number of alkyl halides is 3. The monoisotopic (exact) mass is 436 g/mol. The molecule has 156 valence electrons. The van der Waals surface area contributed by atoms with Gasteiger partial charge in [-0.3, -0.25) is 4.68 Å². The summed E-state index contributed by atoms with van der Waals surface area (Å²) in [5.74, 6) is 0.348. The average molecular weight is 436 g/mol. The van der Waals surface area contributed by atoms with Crippen LogP contribution in [0.4, 0.5) is 13.2 Å². The molecule has 0 saturated heterocycles. The van der Waals surface area contributed by atoms with Crippen LogP contribution in [0.3, 0.4) is 0 Å². The van der Waals surface area contributed by atoms with Crippen LogP contribution in [0.15, 0.2) is 58.2 Å². The number of ether oxygens (including phenoxy) is 1. The van der Waals surface area contributed by atoms with Crippen LogP contribution in [0.1, 0.15) is 43.1 Å². The molecule has 2 aromatic rings. The van der Waals surface area contributed by atoms with Gasteiger partial charge in [0.15, 0.2) is 5.84 Å². The number of amidine groups is 1. The molecule has 1 aromatic carbocycles. The summed E-state index contributed by atoms with van der Waals surface area (Å²) in [6.45, 7) is 2.19. The first-order valence-electron chi connectivity index (χ1n) is 9.70. The van der Waals surface area contributed by atoms with Crippen LogP contribution in [-0.4, -0.2) is 57.2 Å². The Kier molecular flexibility index (Phi) is 5.52. The number of allylic oxidation sites excluding steroid dienone is 4. The first kappa shape index (κ1) is 22.0. The molecule has 1 saturated carbocycles. The fraction of sp³-hybridized carbons (Fsp3) is 0.318. The summed E-state index contributed by atoms with van der Waals surface area (Å²) >= 11 is 0. The van der Waals surface area contributed by atoms with Crippen LogP contribution in [-0.2, 0) is 12.5 Å². The van der Waals surface area contributed by atoms with E-state index in [-0.39, 0.29) is 40.7 Å². The Morgan fingerprint density at radius 3 is 2.58 bits per heavy atom. The quantitative estimate of drug-likeness (QED) is 0.672. The van der Waals surface area contributed by atoms with Crippen molar-refractivity contribution in [2.75, 3.05) is 0 Å². The SMILES string of the molecule is Cn1nc(C2(C)CC2)cc1C1=NC2=CC(c3ccccc3OC(F)(F)F)=CCC2=N1.[NaH]. The van der Waals surface area contributed by atoms with E-state index < -0.39 is 6.36 Å². The standard InChI is InChI=1S/C22H19F3N4O.Na.H/c1-21(9-10-21)19-12-17(29(2)28-19)20-26-15-8-7-13(11-16(15)27-20)14-5-3-4-6-18(14)30-22(23,24)25;;/h3-7,11-12H,8-10H2,1-2H3;;. The second kappa shape index (κ2) is 7.76. The van der Waals surface area contributed by atoms with Crippen LogP contribution >= 0.6 is 0 Å². The Morgan fingerprint density at radius 1 is 1.13 bits per heavy atom. The van der Waals surface area contributed by atoms with Crippen LogP contribution in [0.5, 0.6) is 5.75 Å². The Balaban J connectivity index is 0.00000231. The van der Waals surface area contributed by atoms with Crippen LogP contribution in [0.2, 0.25) is 0 Å². The second-order valence-corrected chi connectivity index (χ2v) is 8.03. The second-order valence-electron chi connectivity index (χ2n) is 8.03. The number of nitrogens with zero attached hydrogens (tertiary/aromatic N) is 4. The van der Waals surface area contributed by atoms with Crippen molar-refractivity contribution in [2.45, 2.75) is 38.0 Å². The first-order valence-corrected chi connectivity index (χ1v) is 9.70. The van der Waals surface area contributed by atoms with Gasteiger partial charge in [0.05, 0.1) is 17.1 Å². The fourth-order valence-corrected chi connectivity index (χ4v) is 3.70. The Labute approximate surface area is 199 Å². The predicted octanol–water partition coefficient (Wildman–Crippen LogP) is 4.29. The van der Waals surface area contributed by atoms with E-state index in [1.54, 1.807) is 22.9 Å². The normalized spacial score (nSPS) is 18.9. The fourth-order valence-electron chi connectivity index (χ4n) is 3.70. The van der Waals surface area contributed by atoms with E-state index in [9.17, 15) is 13.2 Å². The summed E-state index contributed by atoms with van der Waals surface area (Å²) in [5.41, 5.74) is 4.48. The molecular formula is C22H20F3N4NaO. The molecule has 31 heavy (non-hydrogen) atoms. The molecular weight excluding hydrogens is 416 g/mol. The summed E-state index contributed by atoms with van der Waals surface area (Å²) in [5, 5.41) is 4.63. The number of aromatic nitrogens is 2. The van der Waals surface area contributed by atoms with Gasteiger partial charge in [0.1, 0.15) is 11.4 Å². The number of halogens is 3. The molecule has 0 amide bonds. The van der Waals surface area contributed by atoms with Gasteiger partial charge < -0.3 is 4.74 Å². The van der Waals surface area contributed by atoms with E-state index in [1.165, 1.54) is 12.1 Å². The molecule has 0 N–H and O–H groups in total.